The molecule has 2 atom stereocenters. The van der Waals surface area contributed by atoms with Crippen LogP contribution in [0.15, 0.2) is 36.9 Å². The molecule has 1 aromatic carbocycles. The zero-order valence-corrected chi connectivity index (χ0v) is 14.4. The van der Waals surface area contributed by atoms with Crippen molar-refractivity contribution in [1.82, 2.24) is 5.32 Å². The van der Waals surface area contributed by atoms with Crippen LogP contribution >= 0.6 is 0 Å². The predicted molar refractivity (Wildman–Crippen MR) is 92.2 cm³/mol. The fourth-order valence-corrected chi connectivity index (χ4v) is 2.59. The molecule has 2 amide bonds. The average molecular weight is 346 g/mol. The van der Waals surface area contributed by atoms with Crippen molar-refractivity contribution in [3.8, 4) is 5.75 Å². The summed E-state index contributed by atoms with van der Waals surface area (Å²) < 4.78 is 10.5. The highest BCUT2D eigenvalue weighted by Gasteiger charge is 2.38. The molecule has 1 fully saturated rings. The first-order valence-corrected chi connectivity index (χ1v) is 8.00. The zero-order valence-electron chi connectivity index (χ0n) is 14.4. The van der Waals surface area contributed by atoms with Gasteiger partial charge in [-0.3, -0.25) is 14.4 Å². The predicted octanol–water partition coefficient (Wildman–Crippen LogP) is 1.28. The number of nitrogens with zero attached hydrogens (tertiary/aromatic N) is 1. The van der Waals surface area contributed by atoms with Crippen molar-refractivity contribution in [3.63, 3.8) is 0 Å². The minimum Gasteiger partial charge on any atom is -0.495 e. The molecule has 1 aromatic rings. The minimum absolute atomic E-state index is 0.0396. The molecule has 1 saturated heterocycles. The molecule has 0 aromatic heterocycles. The van der Waals surface area contributed by atoms with Crippen LogP contribution in [-0.4, -0.2) is 44.1 Å². The van der Waals surface area contributed by atoms with Crippen molar-refractivity contribution in [1.29, 1.82) is 0 Å². The molecule has 1 heterocycles. The van der Waals surface area contributed by atoms with Crippen molar-refractivity contribution >= 4 is 23.5 Å². The van der Waals surface area contributed by atoms with E-state index in [0.29, 0.717) is 18.0 Å². The second-order valence-electron chi connectivity index (χ2n) is 5.69. The summed E-state index contributed by atoms with van der Waals surface area (Å²) in [5.74, 6) is -1.21. The average Bonchev–Trinajstić information content (AvgIpc) is 3.01. The van der Waals surface area contributed by atoms with Gasteiger partial charge in [0.15, 0.2) is 6.10 Å². The van der Waals surface area contributed by atoms with Crippen LogP contribution in [0.5, 0.6) is 5.75 Å². The Bertz CT molecular complexity index is 673. The lowest BCUT2D eigenvalue weighted by Crippen LogP contribution is -2.37. The normalized spacial score (nSPS) is 17.8. The van der Waals surface area contributed by atoms with Crippen LogP contribution in [0.1, 0.15) is 13.3 Å². The van der Waals surface area contributed by atoms with Crippen molar-refractivity contribution in [3.05, 3.63) is 36.9 Å². The molecule has 0 radical (unpaired) electrons. The molecule has 1 aliphatic heterocycles. The first kappa shape index (κ1) is 18.5. The number of anilines is 1. The molecule has 25 heavy (non-hydrogen) atoms. The molecule has 0 unspecified atom stereocenters. The fraction of sp³-hybridized carbons (Fsp3) is 0.389. The summed E-state index contributed by atoms with van der Waals surface area (Å²) in [6, 6.07) is 7.11. The number of nitrogens with one attached hydrogen (secondary N) is 1. The van der Waals surface area contributed by atoms with Crippen molar-refractivity contribution in [2.45, 2.75) is 19.4 Å². The summed E-state index contributed by atoms with van der Waals surface area (Å²) >= 11 is 0. The van der Waals surface area contributed by atoms with E-state index in [-0.39, 0.29) is 18.9 Å². The largest absolute Gasteiger partial charge is 0.495 e. The van der Waals surface area contributed by atoms with E-state index in [1.807, 2.05) is 0 Å². The number of hydrogen-bond donors (Lipinski definition) is 1. The van der Waals surface area contributed by atoms with Crippen molar-refractivity contribution < 1.29 is 23.9 Å². The van der Waals surface area contributed by atoms with E-state index in [1.54, 1.807) is 24.3 Å². The van der Waals surface area contributed by atoms with Gasteiger partial charge in [0.25, 0.3) is 5.91 Å². The van der Waals surface area contributed by atoms with Crippen LogP contribution in [0.2, 0.25) is 0 Å². The molecule has 0 spiro atoms. The Morgan fingerprint density at radius 3 is 2.84 bits per heavy atom. The molecule has 1 aliphatic rings. The van der Waals surface area contributed by atoms with E-state index in [1.165, 1.54) is 25.0 Å². The number of esters is 1. The molecule has 7 nitrogen and oxygen atoms in total. The van der Waals surface area contributed by atoms with Gasteiger partial charge in [-0.2, -0.15) is 0 Å². The first-order chi connectivity index (χ1) is 12.0. The third-order valence-corrected chi connectivity index (χ3v) is 3.92. The fourth-order valence-electron chi connectivity index (χ4n) is 2.59. The second kappa shape index (κ2) is 8.32. The Morgan fingerprint density at radius 1 is 1.44 bits per heavy atom. The van der Waals surface area contributed by atoms with Crippen LogP contribution in [0.3, 0.4) is 0 Å². The highest BCUT2D eigenvalue weighted by molar-refractivity contribution is 6.00. The Kier molecular flexibility index (Phi) is 6.16. The number of methoxy groups -OCH3 is 1. The van der Waals surface area contributed by atoms with Crippen LogP contribution in [-0.2, 0) is 19.1 Å². The molecular formula is C18H22N2O5. The third kappa shape index (κ3) is 4.37. The van der Waals surface area contributed by atoms with Crippen LogP contribution < -0.4 is 15.0 Å². The summed E-state index contributed by atoms with van der Waals surface area (Å²) in [6.07, 6.45) is 0.647. The third-order valence-electron chi connectivity index (χ3n) is 3.92. The van der Waals surface area contributed by atoms with Gasteiger partial charge in [-0.05, 0) is 19.1 Å². The zero-order chi connectivity index (χ0) is 18.4. The van der Waals surface area contributed by atoms with Gasteiger partial charge < -0.3 is 19.7 Å². The van der Waals surface area contributed by atoms with Gasteiger partial charge in [0.2, 0.25) is 5.91 Å². The van der Waals surface area contributed by atoms with Gasteiger partial charge >= 0.3 is 5.97 Å². The lowest BCUT2D eigenvalue weighted by molar-refractivity contribution is -0.158. The maximum absolute atomic E-state index is 12.3. The van der Waals surface area contributed by atoms with E-state index in [9.17, 15) is 14.4 Å². The molecule has 0 aliphatic carbocycles. The number of amides is 2. The number of benzene rings is 1. The van der Waals surface area contributed by atoms with Gasteiger partial charge in [0.05, 0.1) is 18.7 Å². The van der Waals surface area contributed by atoms with Gasteiger partial charge in [-0.1, -0.05) is 18.2 Å². The lowest BCUT2D eigenvalue weighted by atomic mass is 10.1. The van der Waals surface area contributed by atoms with E-state index in [4.69, 9.17) is 9.47 Å². The Morgan fingerprint density at radius 2 is 2.16 bits per heavy atom. The summed E-state index contributed by atoms with van der Waals surface area (Å²) in [5.41, 5.74) is 0.613. The summed E-state index contributed by atoms with van der Waals surface area (Å²) in [7, 11) is 1.52. The molecule has 1 N–H and O–H groups in total. The Labute approximate surface area is 146 Å². The Balaban J connectivity index is 2.00. The summed E-state index contributed by atoms with van der Waals surface area (Å²) in [5, 5.41) is 2.56. The molecular weight excluding hydrogens is 324 g/mol. The van der Waals surface area contributed by atoms with Crippen molar-refractivity contribution in [2.24, 2.45) is 5.92 Å². The van der Waals surface area contributed by atoms with E-state index < -0.39 is 23.9 Å². The minimum atomic E-state index is -0.928. The molecule has 7 heteroatoms. The highest BCUT2D eigenvalue weighted by Crippen LogP contribution is 2.33. The maximum Gasteiger partial charge on any atom is 0.312 e. The first-order valence-electron chi connectivity index (χ1n) is 8.00. The van der Waals surface area contributed by atoms with Crippen LogP contribution in [0, 0.1) is 5.92 Å². The molecule has 0 bridgehead atoms. The number of ether oxygens (including phenoxy) is 2. The van der Waals surface area contributed by atoms with Crippen molar-refractivity contribution in [2.75, 3.05) is 25.1 Å². The van der Waals surface area contributed by atoms with Gasteiger partial charge in [0.1, 0.15) is 5.75 Å². The monoisotopic (exact) mass is 346 g/mol. The number of hydrogen-bond acceptors (Lipinski definition) is 5. The summed E-state index contributed by atoms with van der Waals surface area (Å²) in [6.45, 7) is 5.48. The topological polar surface area (TPSA) is 84.9 Å². The number of para-hydroxylation sites is 2. The van der Waals surface area contributed by atoms with Gasteiger partial charge in [-0.25, -0.2) is 0 Å². The quantitative estimate of drug-likeness (QED) is 0.594. The SMILES string of the molecule is C=CCNC(=O)[C@@H](C)OC(=O)[C@H]1CC(=O)N(c2ccccc2OC)C1. The van der Waals surface area contributed by atoms with E-state index in [2.05, 4.69) is 11.9 Å². The van der Waals surface area contributed by atoms with Gasteiger partial charge in [-0.15, -0.1) is 6.58 Å². The Hall–Kier alpha value is -2.83. The van der Waals surface area contributed by atoms with E-state index in [0.717, 1.165) is 0 Å². The van der Waals surface area contributed by atoms with E-state index >= 15 is 0 Å². The van der Waals surface area contributed by atoms with Crippen LogP contribution in [0.25, 0.3) is 0 Å². The number of carbonyl (C=O) groups is 3. The molecule has 2 rings (SSSR count). The highest BCUT2D eigenvalue weighted by atomic mass is 16.5. The van der Waals surface area contributed by atoms with Gasteiger partial charge in [0, 0.05) is 19.5 Å². The lowest BCUT2D eigenvalue weighted by Gasteiger charge is -2.19. The standard InChI is InChI=1S/C18H22N2O5/c1-4-9-19-17(22)12(2)25-18(23)13-10-16(21)20(11-13)14-7-5-6-8-15(14)24-3/h4-8,12-13H,1,9-11H2,2-3H3,(H,19,22)/t12-,13+/m1/s1. The van der Waals surface area contributed by atoms with Crippen LogP contribution in [0.4, 0.5) is 5.69 Å². The molecule has 0 saturated carbocycles. The smallest absolute Gasteiger partial charge is 0.312 e. The second-order valence-corrected chi connectivity index (χ2v) is 5.69. The maximum atomic E-state index is 12.3. The molecule has 134 valence electrons. The summed E-state index contributed by atoms with van der Waals surface area (Å²) in [4.78, 5) is 37.8. The number of carbonyl (C=O) groups excluding carboxylic acids is 3. The number of rotatable bonds is 7.